The molecule has 0 fully saturated rings. The van der Waals surface area contributed by atoms with E-state index < -0.39 is 0 Å². The molecule has 2 aromatic rings. The van der Waals surface area contributed by atoms with Crippen molar-refractivity contribution in [1.82, 2.24) is 10.5 Å². The van der Waals surface area contributed by atoms with Crippen LogP contribution in [-0.4, -0.2) is 18.0 Å². The van der Waals surface area contributed by atoms with Crippen LogP contribution in [0.2, 0.25) is 0 Å². The number of pyridine rings is 1. The van der Waals surface area contributed by atoms with Crippen molar-refractivity contribution in [2.75, 3.05) is 7.11 Å². The van der Waals surface area contributed by atoms with E-state index in [0.29, 0.717) is 11.3 Å². The van der Waals surface area contributed by atoms with Gasteiger partial charge in [0.2, 0.25) is 0 Å². The first-order valence-electron chi connectivity index (χ1n) is 5.68. The fourth-order valence-electron chi connectivity index (χ4n) is 1.76. The number of halogens is 1. The van der Waals surface area contributed by atoms with E-state index in [-0.39, 0.29) is 5.91 Å². The van der Waals surface area contributed by atoms with Crippen LogP contribution in [-0.2, 0) is 4.84 Å². The van der Waals surface area contributed by atoms with E-state index in [1.165, 1.54) is 7.11 Å². The van der Waals surface area contributed by atoms with Crippen LogP contribution in [0.5, 0.6) is 0 Å². The van der Waals surface area contributed by atoms with E-state index in [2.05, 4.69) is 31.2 Å². The lowest BCUT2D eigenvalue weighted by atomic mass is 10.1. The number of aromatic nitrogens is 1. The molecule has 0 spiro atoms. The van der Waals surface area contributed by atoms with E-state index in [1.54, 1.807) is 13.0 Å². The van der Waals surface area contributed by atoms with Crippen LogP contribution >= 0.6 is 15.9 Å². The summed E-state index contributed by atoms with van der Waals surface area (Å²) in [7, 11) is 1.40. The second-order valence-corrected chi connectivity index (χ2v) is 4.89. The van der Waals surface area contributed by atoms with Gasteiger partial charge in [0.05, 0.1) is 24.1 Å². The molecular formula is C14H13BrN2O2. The maximum absolute atomic E-state index is 11.7. The minimum Gasteiger partial charge on any atom is -0.277 e. The monoisotopic (exact) mass is 320 g/mol. The van der Waals surface area contributed by atoms with Crippen LogP contribution in [0.15, 0.2) is 40.9 Å². The lowest BCUT2D eigenvalue weighted by Crippen LogP contribution is -2.23. The molecule has 1 amide bonds. The Labute approximate surface area is 119 Å². The van der Waals surface area contributed by atoms with Gasteiger partial charge in [0, 0.05) is 10.0 Å². The van der Waals surface area contributed by atoms with Gasteiger partial charge in [0.1, 0.15) is 0 Å². The number of carbonyl (C=O) groups is 1. The molecule has 4 nitrogen and oxygen atoms in total. The first kappa shape index (κ1) is 13.7. The molecule has 19 heavy (non-hydrogen) atoms. The zero-order valence-electron chi connectivity index (χ0n) is 10.6. The van der Waals surface area contributed by atoms with Crippen molar-refractivity contribution in [3.8, 4) is 11.3 Å². The number of aryl methyl sites for hydroxylation is 1. The van der Waals surface area contributed by atoms with Gasteiger partial charge in [-0.2, -0.15) is 0 Å². The van der Waals surface area contributed by atoms with Crippen LogP contribution in [0, 0.1) is 6.92 Å². The summed E-state index contributed by atoms with van der Waals surface area (Å²) in [6.45, 7) is 1.80. The Bertz CT molecular complexity index is 614. The highest BCUT2D eigenvalue weighted by Gasteiger charge is 2.11. The predicted molar refractivity (Wildman–Crippen MR) is 76.6 cm³/mol. The minimum atomic E-state index is -0.298. The molecule has 1 aromatic carbocycles. The highest BCUT2D eigenvalue weighted by Crippen LogP contribution is 2.22. The number of hydrogen-bond acceptors (Lipinski definition) is 3. The van der Waals surface area contributed by atoms with Gasteiger partial charge in [-0.25, -0.2) is 5.48 Å². The third-order valence-corrected chi connectivity index (χ3v) is 3.14. The zero-order chi connectivity index (χ0) is 13.8. The Morgan fingerprint density at radius 3 is 2.74 bits per heavy atom. The van der Waals surface area contributed by atoms with E-state index in [9.17, 15) is 4.79 Å². The zero-order valence-corrected chi connectivity index (χ0v) is 12.2. The highest BCUT2D eigenvalue weighted by molar-refractivity contribution is 9.10. The maximum Gasteiger partial charge on any atom is 0.276 e. The topological polar surface area (TPSA) is 51.2 Å². The summed E-state index contributed by atoms with van der Waals surface area (Å²) in [6.07, 6.45) is 0. The summed E-state index contributed by atoms with van der Waals surface area (Å²) in [5, 5.41) is 0. The van der Waals surface area contributed by atoms with E-state index in [4.69, 9.17) is 0 Å². The van der Waals surface area contributed by atoms with Crippen molar-refractivity contribution in [2.24, 2.45) is 0 Å². The lowest BCUT2D eigenvalue weighted by molar-refractivity contribution is 0.0536. The summed E-state index contributed by atoms with van der Waals surface area (Å²) in [4.78, 5) is 20.7. The second-order valence-electron chi connectivity index (χ2n) is 3.98. The number of benzene rings is 1. The normalized spacial score (nSPS) is 10.3. The minimum absolute atomic E-state index is 0.298. The fourth-order valence-corrected chi connectivity index (χ4v) is 2.16. The van der Waals surface area contributed by atoms with E-state index in [0.717, 1.165) is 15.7 Å². The van der Waals surface area contributed by atoms with Gasteiger partial charge >= 0.3 is 0 Å². The average Bonchev–Trinajstić information content (AvgIpc) is 2.38. The Balaban J connectivity index is 2.36. The van der Waals surface area contributed by atoms with Gasteiger partial charge in [-0.05, 0) is 31.2 Å². The van der Waals surface area contributed by atoms with Crippen LogP contribution in [0.4, 0.5) is 0 Å². The summed E-state index contributed by atoms with van der Waals surface area (Å²) in [5.41, 5.74) is 5.27. The van der Waals surface area contributed by atoms with Crippen molar-refractivity contribution in [1.29, 1.82) is 0 Å². The van der Waals surface area contributed by atoms with Crippen LogP contribution in [0.25, 0.3) is 11.3 Å². The molecule has 1 aromatic heterocycles. The number of hydrogen-bond donors (Lipinski definition) is 1. The molecule has 5 heteroatoms. The van der Waals surface area contributed by atoms with Gasteiger partial charge in [0.15, 0.2) is 0 Å². The summed E-state index contributed by atoms with van der Waals surface area (Å²) in [6, 6.07) is 11.4. The molecule has 0 aliphatic rings. The molecule has 0 bridgehead atoms. The summed E-state index contributed by atoms with van der Waals surface area (Å²) in [5.74, 6) is -0.298. The van der Waals surface area contributed by atoms with Crippen molar-refractivity contribution in [2.45, 2.75) is 6.92 Å². The molecule has 98 valence electrons. The molecule has 0 aliphatic heterocycles. The highest BCUT2D eigenvalue weighted by atomic mass is 79.9. The molecule has 1 N–H and O–H groups in total. The fraction of sp³-hybridized carbons (Fsp3) is 0.143. The largest absolute Gasteiger partial charge is 0.277 e. The molecule has 0 unspecified atom stereocenters. The molecule has 0 saturated carbocycles. The van der Waals surface area contributed by atoms with Crippen LogP contribution < -0.4 is 5.48 Å². The number of amides is 1. The first-order valence-corrected chi connectivity index (χ1v) is 6.48. The smallest absolute Gasteiger partial charge is 0.276 e. The number of nitrogens with zero attached hydrogens (tertiary/aromatic N) is 1. The first-order chi connectivity index (χ1) is 9.11. The SMILES string of the molecule is CONC(=O)c1ccc(-c2cccc(Br)c2)nc1C. The van der Waals surface area contributed by atoms with Crippen LogP contribution in [0.1, 0.15) is 16.1 Å². The van der Waals surface area contributed by atoms with Crippen molar-refractivity contribution in [3.05, 3.63) is 52.1 Å². The number of carbonyl (C=O) groups excluding carboxylic acids is 1. The number of rotatable bonds is 3. The number of nitrogens with one attached hydrogen (secondary N) is 1. The third kappa shape index (κ3) is 3.19. The van der Waals surface area contributed by atoms with Crippen molar-refractivity contribution >= 4 is 21.8 Å². The predicted octanol–water partition coefficient (Wildman–Crippen LogP) is 3.11. The molecule has 2 rings (SSSR count). The summed E-state index contributed by atoms with van der Waals surface area (Å²) >= 11 is 3.43. The van der Waals surface area contributed by atoms with Gasteiger partial charge < -0.3 is 0 Å². The van der Waals surface area contributed by atoms with Gasteiger partial charge in [-0.15, -0.1) is 0 Å². The molecular weight excluding hydrogens is 308 g/mol. The van der Waals surface area contributed by atoms with E-state index in [1.807, 2.05) is 30.3 Å². The molecule has 0 radical (unpaired) electrons. The van der Waals surface area contributed by atoms with Crippen LogP contribution in [0.3, 0.4) is 0 Å². The second kappa shape index (κ2) is 5.95. The standard InChI is InChI=1S/C14H13BrN2O2/c1-9-12(14(18)17-19-2)6-7-13(16-9)10-4-3-5-11(15)8-10/h3-8H,1-2H3,(H,17,18). The third-order valence-electron chi connectivity index (χ3n) is 2.65. The lowest BCUT2D eigenvalue weighted by Gasteiger charge is -2.07. The Hall–Kier alpha value is -1.72. The summed E-state index contributed by atoms with van der Waals surface area (Å²) < 4.78 is 0.991. The van der Waals surface area contributed by atoms with Gasteiger partial charge in [-0.3, -0.25) is 14.6 Å². The average molecular weight is 321 g/mol. The molecule has 1 heterocycles. The quantitative estimate of drug-likeness (QED) is 0.884. The Kier molecular flexibility index (Phi) is 4.29. The molecule has 0 atom stereocenters. The Morgan fingerprint density at radius 1 is 1.32 bits per heavy atom. The van der Waals surface area contributed by atoms with Crippen molar-refractivity contribution < 1.29 is 9.63 Å². The van der Waals surface area contributed by atoms with Gasteiger partial charge in [-0.1, -0.05) is 28.1 Å². The maximum atomic E-state index is 11.7. The molecule has 0 saturated heterocycles. The van der Waals surface area contributed by atoms with Crippen molar-refractivity contribution in [3.63, 3.8) is 0 Å². The Morgan fingerprint density at radius 2 is 2.11 bits per heavy atom. The molecule has 0 aliphatic carbocycles. The number of hydroxylamine groups is 1. The van der Waals surface area contributed by atoms with Gasteiger partial charge in [0.25, 0.3) is 5.91 Å². The van der Waals surface area contributed by atoms with E-state index >= 15 is 0 Å².